The van der Waals surface area contributed by atoms with Crippen molar-refractivity contribution >= 4 is 11.5 Å². The van der Waals surface area contributed by atoms with E-state index in [0.717, 1.165) is 35.1 Å². The summed E-state index contributed by atoms with van der Waals surface area (Å²) < 4.78 is 5.89. The first kappa shape index (κ1) is 18.0. The van der Waals surface area contributed by atoms with Crippen LogP contribution >= 0.6 is 0 Å². The molecular weight excluding hydrogens is 314 g/mol. The Kier molecular flexibility index (Phi) is 4.44. The lowest BCUT2D eigenvalue weighted by atomic mass is 9.73. The molecule has 0 saturated heterocycles. The molecule has 3 rings (SSSR count). The van der Waals surface area contributed by atoms with Gasteiger partial charge in [-0.25, -0.2) is 0 Å². The summed E-state index contributed by atoms with van der Waals surface area (Å²) >= 11 is 0. The largest absolute Gasteiger partial charge is 0.509 e. The second-order valence-electron chi connectivity index (χ2n) is 7.92. The van der Waals surface area contributed by atoms with Crippen molar-refractivity contribution in [2.24, 2.45) is 0 Å². The fraction of sp³-hybridized carbons (Fsp3) is 0.571. The molecule has 1 spiro atoms. The quantitative estimate of drug-likeness (QED) is 0.868. The number of aliphatic hydroxyl groups excluding tert-OH is 1. The molecule has 1 aromatic carbocycles. The molecule has 1 aliphatic heterocycles. The summed E-state index contributed by atoms with van der Waals surface area (Å²) in [6.45, 7) is 10.9. The van der Waals surface area contributed by atoms with Crippen LogP contribution < -0.4 is 5.32 Å². The first-order valence-corrected chi connectivity index (χ1v) is 9.20. The topological polar surface area (TPSA) is 58.6 Å². The van der Waals surface area contributed by atoms with Gasteiger partial charge in [-0.2, -0.15) is 0 Å². The Hall–Kier alpha value is -1.81. The van der Waals surface area contributed by atoms with Crippen LogP contribution in [0.1, 0.15) is 61.8 Å². The van der Waals surface area contributed by atoms with Crippen molar-refractivity contribution in [1.82, 2.24) is 5.32 Å². The molecule has 2 aliphatic rings. The van der Waals surface area contributed by atoms with Crippen LogP contribution in [0.5, 0.6) is 0 Å². The molecule has 0 aromatic heterocycles. The second-order valence-corrected chi connectivity index (χ2v) is 7.92. The van der Waals surface area contributed by atoms with E-state index in [1.54, 1.807) is 0 Å². The maximum atomic E-state index is 12.8. The molecule has 1 amide bonds. The van der Waals surface area contributed by atoms with E-state index in [-0.39, 0.29) is 17.3 Å². The Bertz CT molecular complexity index is 717. The lowest BCUT2D eigenvalue weighted by Crippen LogP contribution is -2.51. The zero-order valence-electron chi connectivity index (χ0n) is 16.0. The molecule has 1 heterocycles. The first-order valence-electron chi connectivity index (χ1n) is 9.20. The summed E-state index contributed by atoms with van der Waals surface area (Å²) in [5.74, 6) is 0.0543. The third-order valence-electron chi connectivity index (χ3n) is 5.85. The molecular formula is C21H29NO3. The van der Waals surface area contributed by atoms with Crippen molar-refractivity contribution < 1.29 is 14.6 Å². The van der Waals surface area contributed by atoms with Crippen molar-refractivity contribution in [3.05, 3.63) is 40.1 Å². The molecule has 0 bridgehead atoms. The summed E-state index contributed by atoms with van der Waals surface area (Å²) in [5.41, 5.74) is 3.75. The first-order chi connectivity index (χ1) is 11.7. The highest BCUT2D eigenvalue weighted by Crippen LogP contribution is 2.45. The van der Waals surface area contributed by atoms with Gasteiger partial charge in [0.25, 0.3) is 5.91 Å². The van der Waals surface area contributed by atoms with Gasteiger partial charge in [-0.15, -0.1) is 0 Å². The van der Waals surface area contributed by atoms with E-state index in [1.807, 2.05) is 27.7 Å². The zero-order chi connectivity index (χ0) is 18.4. The van der Waals surface area contributed by atoms with E-state index in [2.05, 4.69) is 24.4 Å². The Morgan fingerprint density at radius 1 is 1.12 bits per heavy atom. The highest BCUT2D eigenvalue weighted by atomic mass is 16.5. The number of aryl methyl sites for hydroxylation is 3. The molecule has 1 fully saturated rings. The monoisotopic (exact) mass is 343 g/mol. The van der Waals surface area contributed by atoms with E-state index in [1.165, 1.54) is 0 Å². The molecule has 1 aliphatic carbocycles. The molecule has 4 nitrogen and oxygen atoms in total. The molecule has 4 heteroatoms. The van der Waals surface area contributed by atoms with Crippen LogP contribution in [0.4, 0.5) is 0 Å². The Balaban J connectivity index is 1.99. The van der Waals surface area contributed by atoms with Crippen molar-refractivity contribution in [2.75, 3.05) is 6.61 Å². The average molecular weight is 343 g/mol. The fourth-order valence-electron chi connectivity index (χ4n) is 4.55. The van der Waals surface area contributed by atoms with Gasteiger partial charge in [0.1, 0.15) is 5.76 Å². The maximum absolute atomic E-state index is 12.8. The fourth-order valence-corrected chi connectivity index (χ4v) is 4.55. The Morgan fingerprint density at radius 2 is 1.68 bits per heavy atom. The minimum absolute atomic E-state index is 0.160. The average Bonchev–Trinajstić information content (AvgIpc) is 2.75. The smallest absolute Gasteiger partial charge is 0.256 e. The van der Waals surface area contributed by atoms with Crippen molar-refractivity contribution in [3.63, 3.8) is 0 Å². The predicted molar refractivity (Wildman–Crippen MR) is 99.6 cm³/mol. The highest BCUT2D eigenvalue weighted by Gasteiger charge is 2.50. The predicted octanol–water partition coefficient (Wildman–Crippen LogP) is 4.12. The van der Waals surface area contributed by atoms with Crippen LogP contribution in [-0.4, -0.2) is 28.8 Å². The van der Waals surface area contributed by atoms with Gasteiger partial charge < -0.3 is 15.2 Å². The van der Waals surface area contributed by atoms with Crippen molar-refractivity contribution in [1.29, 1.82) is 0 Å². The van der Waals surface area contributed by atoms with Gasteiger partial charge in [0.05, 0.1) is 16.7 Å². The van der Waals surface area contributed by atoms with Crippen LogP contribution in [0.25, 0.3) is 5.57 Å². The standard InChI is InChI=1S/C21H29NO3/c1-6-25-20(5)7-9-21(10-8-20)18(23)17(19(24)22-21)16-14(3)11-13(2)12-15(16)4/h11-12,23H,6-10H2,1-5H3,(H,22,24). The van der Waals surface area contributed by atoms with Crippen molar-refractivity contribution in [2.45, 2.75) is 71.4 Å². The van der Waals surface area contributed by atoms with E-state index >= 15 is 0 Å². The number of carbonyl (C=O) groups excluding carboxylic acids is 1. The van der Waals surface area contributed by atoms with Gasteiger partial charge in [0, 0.05) is 6.61 Å². The van der Waals surface area contributed by atoms with E-state index < -0.39 is 5.54 Å². The summed E-state index contributed by atoms with van der Waals surface area (Å²) in [5, 5.41) is 14.2. The normalized spacial score (nSPS) is 29.4. The maximum Gasteiger partial charge on any atom is 0.256 e. The molecule has 1 saturated carbocycles. The van der Waals surface area contributed by atoms with Crippen LogP contribution in [0.15, 0.2) is 17.9 Å². The van der Waals surface area contributed by atoms with Crippen LogP contribution in [0.2, 0.25) is 0 Å². The number of hydrogen-bond donors (Lipinski definition) is 2. The molecule has 1 aromatic rings. The minimum Gasteiger partial charge on any atom is -0.509 e. The van der Waals surface area contributed by atoms with E-state index in [0.29, 0.717) is 25.0 Å². The number of aliphatic hydroxyl groups is 1. The van der Waals surface area contributed by atoms with Crippen LogP contribution in [-0.2, 0) is 9.53 Å². The number of hydrogen-bond acceptors (Lipinski definition) is 3. The lowest BCUT2D eigenvalue weighted by Gasteiger charge is -2.42. The number of ether oxygens (including phenoxy) is 1. The molecule has 0 radical (unpaired) electrons. The number of nitrogens with one attached hydrogen (secondary N) is 1. The molecule has 25 heavy (non-hydrogen) atoms. The summed E-state index contributed by atoms with van der Waals surface area (Å²) in [6, 6.07) is 4.13. The number of benzene rings is 1. The molecule has 2 N–H and O–H groups in total. The Morgan fingerprint density at radius 3 is 2.20 bits per heavy atom. The highest BCUT2D eigenvalue weighted by molar-refractivity contribution is 6.24. The van der Waals surface area contributed by atoms with Crippen LogP contribution in [0.3, 0.4) is 0 Å². The molecule has 0 unspecified atom stereocenters. The van der Waals surface area contributed by atoms with Crippen molar-refractivity contribution in [3.8, 4) is 0 Å². The molecule has 136 valence electrons. The third-order valence-corrected chi connectivity index (χ3v) is 5.85. The third kappa shape index (κ3) is 2.97. The van der Waals surface area contributed by atoms with Gasteiger partial charge in [0.2, 0.25) is 0 Å². The van der Waals surface area contributed by atoms with Gasteiger partial charge in [0.15, 0.2) is 0 Å². The van der Waals surface area contributed by atoms with E-state index in [9.17, 15) is 9.90 Å². The second kappa shape index (κ2) is 6.17. The lowest BCUT2D eigenvalue weighted by molar-refractivity contribution is -0.117. The van der Waals surface area contributed by atoms with Gasteiger partial charge in [-0.3, -0.25) is 4.79 Å². The SMILES string of the molecule is CCOC1(C)CCC2(CC1)NC(=O)C(c1c(C)cc(C)cc1C)=C2O. The number of carbonyl (C=O) groups is 1. The van der Waals surface area contributed by atoms with Gasteiger partial charge >= 0.3 is 0 Å². The van der Waals surface area contributed by atoms with E-state index in [4.69, 9.17) is 4.74 Å². The summed E-state index contributed by atoms with van der Waals surface area (Å²) in [4.78, 5) is 12.8. The van der Waals surface area contributed by atoms with Crippen LogP contribution in [0, 0.1) is 20.8 Å². The minimum atomic E-state index is -0.632. The van der Waals surface area contributed by atoms with Gasteiger partial charge in [-0.1, -0.05) is 17.7 Å². The van der Waals surface area contributed by atoms with Gasteiger partial charge in [-0.05, 0) is 77.0 Å². The zero-order valence-corrected chi connectivity index (χ0v) is 16.0. The number of amides is 1. The summed E-state index contributed by atoms with van der Waals surface area (Å²) in [6.07, 6.45) is 3.05. The Labute approximate surface area is 150 Å². The summed E-state index contributed by atoms with van der Waals surface area (Å²) in [7, 11) is 0. The number of rotatable bonds is 3. The molecule has 0 atom stereocenters.